The number of methoxy groups -OCH3 is 4. The van der Waals surface area contributed by atoms with Gasteiger partial charge in [0, 0.05) is 49.9 Å². The molecule has 16 heteroatoms. The van der Waals surface area contributed by atoms with Crippen molar-refractivity contribution in [2.24, 2.45) is 0 Å². The number of phenolic OH excluding ortho intramolecular Hbond substituents is 2. The SMILES string of the molecule is COc1ccc(-c2cnoc2-c2cc(OC)c(OC)c(OC)c2)cc1OC(=O)N1CCN(Cc2ccc(-n3c(O)nnc3-c3cc(C(C)C)c(O)cc3O)cc2)CC1. The van der Waals surface area contributed by atoms with Gasteiger partial charge in [-0.05, 0) is 65.1 Å². The lowest BCUT2D eigenvalue weighted by Gasteiger charge is -2.34. The number of aromatic hydroxyl groups is 3. The summed E-state index contributed by atoms with van der Waals surface area (Å²) in [6.45, 7) is 6.60. The van der Waals surface area contributed by atoms with Crippen LogP contribution < -0.4 is 23.7 Å². The van der Waals surface area contributed by atoms with Gasteiger partial charge in [0.2, 0.25) is 5.75 Å². The lowest BCUT2D eigenvalue weighted by molar-refractivity contribution is 0.107. The van der Waals surface area contributed by atoms with Crippen molar-refractivity contribution in [2.75, 3.05) is 54.6 Å². The number of aromatic nitrogens is 4. The minimum atomic E-state index is -0.501. The predicted molar refractivity (Wildman–Crippen MR) is 212 cm³/mol. The molecule has 1 saturated heterocycles. The highest BCUT2D eigenvalue weighted by molar-refractivity contribution is 5.83. The van der Waals surface area contributed by atoms with Gasteiger partial charge in [-0.1, -0.05) is 42.3 Å². The number of hydrogen-bond acceptors (Lipinski definition) is 14. The zero-order valence-electron chi connectivity index (χ0n) is 32.9. The first-order chi connectivity index (χ1) is 28.0. The highest BCUT2D eigenvalue weighted by Crippen LogP contribution is 2.44. The van der Waals surface area contributed by atoms with Crippen molar-refractivity contribution >= 4 is 6.09 Å². The van der Waals surface area contributed by atoms with Crippen LogP contribution in [0.2, 0.25) is 0 Å². The van der Waals surface area contributed by atoms with Crippen LogP contribution in [0.4, 0.5) is 4.79 Å². The van der Waals surface area contributed by atoms with Crippen molar-refractivity contribution < 1.29 is 48.3 Å². The lowest BCUT2D eigenvalue weighted by Crippen LogP contribution is -2.49. The standard InChI is InChI=1S/C42H44N6O10/c1-24(2)29-20-30(33(50)21-32(29)49)40-44-45-41(51)48(40)28-10-7-25(8-11-28)23-46-13-15-47(16-14-46)42(52)57-35-17-26(9-12-34(35)53-3)31-22-43-58-38(31)27-18-36(54-4)39(56-6)37(19-27)55-5/h7-12,17-22,24,49-50H,13-16,23H2,1-6H3,(H,45,51). The monoisotopic (exact) mass is 792 g/mol. The van der Waals surface area contributed by atoms with E-state index < -0.39 is 6.09 Å². The van der Waals surface area contributed by atoms with E-state index in [1.165, 1.54) is 39.1 Å². The summed E-state index contributed by atoms with van der Waals surface area (Å²) in [6.07, 6.45) is 1.08. The molecule has 302 valence electrons. The molecular formula is C42H44N6O10. The summed E-state index contributed by atoms with van der Waals surface area (Å²) in [5.74, 6) is 2.44. The van der Waals surface area contributed by atoms with E-state index >= 15 is 0 Å². The van der Waals surface area contributed by atoms with Crippen molar-refractivity contribution in [3.05, 3.63) is 84.1 Å². The first kappa shape index (κ1) is 39.3. The first-order valence-electron chi connectivity index (χ1n) is 18.5. The number of piperazine rings is 1. The maximum atomic E-state index is 13.5. The number of phenols is 2. The second-order valence-electron chi connectivity index (χ2n) is 13.9. The van der Waals surface area contributed by atoms with Crippen molar-refractivity contribution in [1.82, 2.24) is 29.7 Å². The fourth-order valence-corrected chi connectivity index (χ4v) is 6.97. The van der Waals surface area contributed by atoms with Gasteiger partial charge in [0.25, 0.3) is 0 Å². The second kappa shape index (κ2) is 16.7. The van der Waals surface area contributed by atoms with Crippen LogP contribution in [0.5, 0.6) is 46.3 Å². The lowest BCUT2D eigenvalue weighted by atomic mass is 9.98. The van der Waals surface area contributed by atoms with E-state index in [1.807, 2.05) is 44.2 Å². The summed E-state index contributed by atoms with van der Waals surface area (Å²) in [6, 6.07) is 18.9. The third-order valence-corrected chi connectivity index (χ3v) is 10.1. The minimum absolute atomic E-state index is 0.0133. The Bertz CT molecular complexity index is 2390. The predicted octanol–water partition coefficient (Wildman–Crippen LogP) is 6.85. The molecule has 1 amide bonds. The van der Waals surface area contributed by atoms with Gasteiger partial charge in [-0.3, -0.25) is 4.90 Å². The van der Waals surface area contributed by atoms with Crippen molar-refractivity contribution in [3.63, 3.8) is 0 Å². The Hall–Kier alpha value is -6.94. The normalized spacial score (nSPS) is 13.1. The molecule has 0 aliphatic carbocycles. The van der Waals surface area contributed by atoms with Crippen LogP contribution in [0, 0.1) is 0 Å². The Balaban J connectivity index is 1.01. The zero-order chi connectivity index (χ0) is 41.1. The molecule has 6 aromatic rings. The maximum absolute atomic E-state index is 13.5. The molecule has 0 spiro atoms. The Labute approximate surface area is 334 Å². The number of ether oxygens (including phenoxy) is 5. The van der Waals surface area contributed by atoms with Crippen molar-refractivity contribution in [3.8, 4) is 85.8 Å². The summed E-state index contributed by atoms with van der Waals surface area (Å²) in [7, 11) is 6.11. The topological polar surface area (TPSA) is 187 Å². The van der Waals surface area contributed by atoms with Crippen molar-refractivity contribution in [2.45, 2.75) is 26.3 Å². The van der Waals surface area contributed by atoms with E-state index in [9.17, 15) is 20.1 Å². The van der Waals surface area contributed by atoms with Crippen LogP contribution in [0.15, 0.2) is 77.4 Å². The summed E-state index contributed by atoms with van der Waals surface area (Å²) in [5.41, 5.74) is 4.54. The molecule has 0 atom stereocenters. The van der Waals surface area contributed by atoms with Gasteiger partial charge in [-0.15, -0.1) is 5.10 Å². The Morgan fingerprint density at radius 2 is 1.41 bits per heavy atom. The number of benzene rings is 4. The fourth-order valence-electron chi connectivity index (χ4n) is 6.97. The van der Waals surface area contributed by atoms with Gasteiger partial charge in [0.15, 0.2) is 34.6 Å². The van der Waals surface area contributed by atoms with Crippen LogP contribution in [-0.2, 0) is 6.54 Å². The van der Waals surface area contributed by atoms with Gasteiger partial charge in [0.05, 0.1) is 45.9 Å². The number of carbonyl (C=O) groups is 1. The summed E-state index contributed by atoms with van der Waals surface area (Å²) in [5, 5.41) is 43.6. The molecule has 3 N–H and O–H groups in total. The van der Waals surface area contributed by atoms with E-state index in [0.29, 0.717) is 95.0 Å². The van der Waals surface area contributed by atoms with E-state index in [0.717, 1.165) is 5.56 Å². The maximum Gasteiger partial charge on any atom is 0.415 e. The third-order valence-electron chi connectivity index (χ3n) is 10.1. The second-order valence-corrected chi connectivity index (χ2v) is 13.9. The third kappa shape index (κ3) is 7.73. The highest BCUT2D eigenvalue weighted by Gasteiger charge is 2.26. The highest BCUT2D eigenvalue weighted by atomic mass is 16.6. The molecule has 3 heterocycles. The largest absolute Gasteiger partial charge is 0.508 e. The molecule has 0 radical (unpaired) electrons. The van der Waals surface area contributed by atoms with E-state index in [2.05, 4.69) is 20.3 Å². The molecule has 0 saturated carbocycles. The molecule has 1 aliphatic rings. The number of carbonyl (C=O) groups excluding carboxylic acids is 1. The van der Waals surface area contributed by atoms with Crippen LogP contribution in [0.3, 0.4) is 0 Å². The fraction of sp³-hybridized carbons (Fsp3) is 0.286. The van der Waals surface area contributed by atoms with Gasteiger partial charge in [-0.25, -0.2) is 9.36 Å². The van der Waals surface area contributed by atoms with E-state index in [4.69, 9.17) is 28.2 Å². The number of hydrogen-bond donors (Lipinski definition) is 3. The molecule has 7 rings (SSSR count). The van der Waals surface area contributed by atoms with E-state index in [1.54, 1.807) is 41.4 Å². The average Bonchev–Trinajstić information content (AvgIpc) is 3.88. The Morgan fingerprint density at radius 1 is 0.741 bits per heavy atom. The number of amides is 1. The van der Waals surface area contributed by atoms with Gasteiger partial charge < -0.3 is 48.4 Å². The quantitative estimate of drug-likeness (QED) is 0.117. The van der Waals surface area contributed by atoms with Crippen molar-refractivity contribution in [1.29, 1.82) is 0 Å². The molecule has 1 aliphatic heterocycles. The van der Waals surface area contributed by atoms with Crippen LogP contribution in [-0.4, -0.2) is 106 Å². The molecule has 58 heavy (non-hydrogen) atoms. The summed E-state index contributed by atoms with van der Waals surface area (Å²) in [4.78, 5) is 17.4. The molecular weight excluding hydrogens is 748 g/mol. The molecule has 0 unspecified atom stereocenters. The van der Waals surface area contributed by atoms with Crippen LogP contribution >= 0.6 is 0 Å². The molecule has 4 aromatic carbocycles. The van der Waals surface area contributed by atoms with Gasteiger partial charge in [0.1, 0.15) is 11.5 Å². The van der Waals surface area contributed by atoms with Crippen LogP contribution in [0.1, 0.15) is 30.9 Å². The summed E-state index contributed by atoms with van der Waals surface area (Å²) >= 11 is 0. The smallest absolute Gasteiger partial charge is 0.415 e. The molecule has 0 bridgehead atoms. The first-order valence-corrected chi connectivity index (χ1v) is 18.5. The zero-order valence-corrected chi connectivity index (χ0v) is 32.9. The molecule has 1 fully saturated rings. The Morgan fingerprint density at radius 3 is 2.05 bits per heavy atom. The molecule has 2 aromatic heterocycles. The van der Waals surface area contributed by atoms with Gasteiger partial charge >= 0.3 is 12.1 Å². The van der Waals surface area contributed by atoms with E-state index in [-0.39, 0.29) is 35.0 Å². The van der Waals surface area contributed by atoms with Crippen LogP contribution in [0.25, 0.3) is 39.5 Å². The number of nitrogens with zero attached hydrogens (tertiary/aromatic N) is 6. The Kier molecular flexibility index (Phi) is 11.3. The summed E-state index contributed by atoms with van der Waals surface area (Å²) < 4.78 is 35.1. The van der Waals surface area contributed by atoms with Gasteiger partial charge in [-0.2, -0.15) is 0 Å². The minimum Gasteiger partial charge on any atom is -0.508 e. The molecule has 16 nitrogen and oxygen atoms in total. The number of rotatable bonds is 12. The average molecular weight is 793 g/mol.